The summed E-state index contributed by atoms with van der Waals surface area (Å²) in [6.45, 7) is 7.21. The summed E-state index contributed by atoms with van der Waals surface area (Å²) in [6, 6.07) is 1.40. The summed E-state index contributed by atoms with van der Waals surface area (Å²) in [5.74, 6) is -0.0235. The van der Waals surface area contributed by atoms with Gasteiger partial charge in [0, 0.05) is 26.0 Å². The van der Waals surface area contributed by atoms with E-state index < -0.39 is 6.04 Å². The summed E-state index contributed by atoms with van der Waals surface area (Å²) in [5, 5.41) is 4.09. The molecule has 0 saturated heterocycles. The molecule has 0 bridgehead atoms. The van der Waals surface area contributed by atoms with E-state index in [0.29, 0.717) is 13.1 Å². The second kappa shape index (κ2) is 5.31. The number of carbonyl (C=O) groups is 1. The number of hydrogen-bond acceptors (Lipinski definition) is 3. The van der Waals surface area contributed by atoms with E-state index in [2.05, 4.69) is 5.10 Å². The Balaban J connectivity index is 2.47. The van der Waals surface area contributed by atoms with E-state index >= 15 is 0 Å². The Morgan fingerprint density at radius 3 is 2.65 bits per heavy atom. The molecule has 5 nitrogen and oxygen atoms in total. The molecule has 0 aliphatic heterocycles. The van der Waals surface area contributed by atoms with Crippen LogP contribution in [0.4, 0.5) is 0 Å². The molecule has 0 spiro atoms. The van der Waals surface area contributed by atoms with E-state index in [9.17, 15) is 4.79 Å². The maximum absolute atomic E-state index is 12.0. The van der Waals surface area contributed by atoms with Gasteiger partial charge in [-0.25, -0.2) is 0 Å². The molecule has 2 N–H and O–H groups in total. The van der Waals surface area contributed by atoms with Gasteiger partial charge in [0.25, 0.3) is 0 Å². The molecule has 1 rings (SSSR count). The van der Waals surface area contributed by atoms with Crippen LogP contribution in [-0.4, -0.2) is 40.2 Å². The molecule has 0 aliphatic carbocycles. The van der Waals surface area contributed by atoms with Crippen molar-refractivity contribution in [1.82, 2.24) is 14.7 Å². The van der Waals surface area contributed by atoms with E-state index in [0.717, 1.165) is 0 Å². The molecule has 0 fully saturated rings. The van der Waals surface area contributed by atoms with Crippen LogP contribution in [0.5, 0.6) is 0 Å². The van der Waals surface area contributed by atoms with Gasteiger partial charge >= 0.3 is 0 Å². The lowest BCUT2D eigenvalue weighted by atomic mass is 9.86. The van der Waals surface area contributed by atoms with Crippen molar-refractivity contribution in [3.05, 3.63) is 18.5 Å². The van der Waals surface area contributed by atoms with Gasteiger partial charge in [-0.05, 0) is 11.5 Å². The third-order valence-electron chi connectivity index (χ3n) is 2.80. The van der Waals surface area contributed by atoms with Gasteiger partial charge < -0.3 is 10.6 Å². The smallest absolute Gasteiger partial charge is 0.239 e. The minimum Gasteiger partial charge on any atom is -0.343 e. The van der Waals surface area contributed by atoms with Gasteiger partial charge in [0.1, 0.15) is 0 Å². The van der Waals surface area contributed by atoms with Crippen molar-refractivity contribution in [1.29, 1.82) is 0 Å². The molecule has 1 aromatic rings. The molecule has 1 heterocycles. The van der Waals surface area contributed by atoms with E-state index in [1.165, 1.54) is 0 Å². The zero-order valence-corrected chi connectivity index (χ0v) is 11.1. The number of nitrogens with zero attached hydrogens (tertiary/aromatic N) is 3. The highest BCUT2D eigenvalue weighted by Crippen LogP contribution is 2.18. The fourth-order valence-corrected chi connectivity index (χ4v) is 1.40. The van der Waals surface area contributed by atoms with Crippen LogP contribution < -0.4 is 5.73 Å². The molecule has 1 atom stereocenters. The number of aromatic nitrogens is 2. The van der Waals surface area contributed by atoms with Crippen LogP contribution >= 0.6 is 0 Å². The first kappa shape index (κ1) is 13.7. The Labute approximate surface area is 103 Å². The van der Waals surface area contributed by atoms with E-state index in [1.807, 2.05) is 33.0 Å². The summed E-state index contributed by atoms with van der Waals surface area (Å²) < 4.78 is 1.80. The SMILES string of the molecule is CN(CCn1cccn1)C(=O)[C@@H](N)C(C)(C)C. The number of amides is 1. The zero-order valence-electron chi connectivity index (χ0n) is 11.1. The Hall–Kier alpha value is -1.36. The molecule has 1 aromatic heterocycles. The molecule has 96 valence electrons. The Bertz CT molecular complexity index is 353. The Morgan fingerprint density at radius 1 is 1.53 bits per heavy atom. The lowest BCUT2D eigenvalue weighted by Crippen LogP contribution is -2.49. The van der Waals surface area contributed by atoms with Gasteiger partial charge in [-0.1, -0.05) is 20.8 Å². The van der Waals surface area contributed by atoms with Crippen LogP contribution in [0.3, 0.4) is 0 Å². The Morgan fingerprint density at radius 2 is 2.18 bits per heavy atom. The number of hydrogen-bond donors (Lipinski definition) is 1. The highest BCUT2D eigenvalue weighted by Gasteiger charge is 2.29. The van der Waals surface area contributed by atoms with Crippen LogP contribution in [0, 0.1) is 5.41 Å². The average molecular weight is 238 g/mol. The molecule has 0 saturated carbocycles. The molecule has 1 amide bonds. The summed E-state index contributed by atoms with van der Waals surface area (Å²) in [4.78, 5) is 13.7. The molecular formula is C12H22N4O. The quantitative estimate of drug-likeness (QED) is 0.840. The highest BCUT2D eigenvalue weighted by molar-refractivity contribution is 5.82. The highest BCUT2D eigenvalue weighted by atomic mass is 16.2. The van der Waals surface area contributed by atoms with Crippen molar-refractivity contribution in [2.24, 2.45) is 11.1 Å². The summed E-state index contributed by atoms with van der Waals surface area (Å²) in [5.41, 5.74) is 5.72. The van der Waals surface area contributed by atoms with E-state index in [4.69, 9.17) is 5.73 Å². The first-order valence-corrected chi connectivity index (χ1v) is 5.80. The van der Waals surface area contributed by atoms with Gasteiger partial charge in [-0.3, -0.25) is 9.48 Å². The first-order valence-electron chi connectivity index (χ1n) is 5.80. The molecule has 0 aromatic carbocycles. The largest absolute Gasteiger partial charge is 0.343 e. The van der Waals surface area contributed by atoms with Gasteiger partial charge in [-0.15, -0.1) is 0 Å². The number of likely N-dealkylation sites (N-methyl/N-ethyl adjacent to an activating group) is 1. The lowest BCUT2D eigenvalue weighted by molar-refractivity contribution is -0.133. The van der Waals surface area contributed by atoms with Crippen LogP contribution in [0.25, 0.3) is 0 Å². The number of rotatable bonds is 4. The normalized spacial score (nSPS) is 13.5. The van der Waals surface area contributed by atoms with Crippen molar-refractivity contribution < 1.29 is 4.79 Å². The number of nitrogens with two attached hydrogens (primary N) is 1. The summed E-state index contributed by atoms with van der Waals surface area (Å²) in [6.07, 6.45) is 3.60. The van der Waals surface area contributed by atoms with Crippen LogP contribution in [0.1, 0.15) is 20.8 Å². The van der Waals surface area contributed by atoms with Crippen molar-refractivity contribution in [3.63, 3.8) is 0 Å². The fourth-order valence-electron chi connectivity index (χ4n) is 1.40. The molecular weight excluding hydrogens is 216 g/mol. The van der Waals surface area contributed by atoms with Gasteiger partial charge in [-0.2, -0.15) is 5.10 Å². The van der Waals surface area contributed by atoms with Crippen molar-refractivity contribution >= 4 is 5.91 Å². The number of carbonyl (C=O) groups excluding carboxylic acids is 1. The second-order valence-electron chi connectivity index (χ2n) is 5.37. The minimum absolute atomic E-state index is 0.0235. The summed E-state index contributed by atoms with van der Waals surface area (Å²) >= 11 is 0. The molecule has 5 heteroatoms. The average Bonchev–Trinajstić information content (AvgIpc) is 2.75. The third kappa shape index (κ3) is 3.85. The third-order valence-corrected chi connectivity index (χ3v) is 2.80. The predicted octanol–water partition coefficient (Wildman–Crippen LogP) is 0.715. The first-order chi connectivity index (χ1) is 7.82. The van der Waals surface area contributed by atoms with Crippen molar-refractivity contribution in [3.8, 4) is 0 Å². The zero-order chi connectivity index (χ0) is 13.1. The molecule has 0 radical (unpaired) electrons. The van der Waals surface area contributed by atoms with Crippen LogP contribution in [-0.2, 0) is 11.3 Å². The maximum atomic E-state index is 12.0. The topological polar surface area (TPSA) is 64.2 Å². The molecule has 0 unspecified atom stereocenters. The van der Waals surface area contributed by atoms with Crippen molar-refractivity contribution in [2.45, 2.75) is 33.4 Å². The molecule has 17 heavy (non-hydrogen) atoms. The van der Waals surface area contributed by atoms with Crippen LogP contribution in [0.15, 0.2) is 18.5 Å². The monoisotopic (exact) mass is 238 g/mol. The second-order valence-corrected chi connectivity index (χ2v) is 5.37. The van der Waals surface area contributed by atoms with Gasteiger partial charge in [0.15, 0.2) is 0 Å². The fraction of sp³-hybridized carbons (Fsp3) is 0.667. The standard InChI is InChI=1S/C12H22N4O/c1-12(2,3)10(13)11(17)15(4)8-9-16-7-5-6-14-16/h5-7,10H,8-9,13H2,1-4H3/t10-/m1/s1. The van der Waals surface area contributed by atoms with E-state index in [-0.39, 0.29) is 11.3 Å². The van der Waals surface area contributed by atoms with Crippen LogP contribution in [0.2, 0.25) is 0 Å². The van der Waals surface area contributed by atoms with Crippen molar-refractivity contribution in [2.75, 3.05) is 13.6 Å². The Kier molecular flexibility index (Phi) is 4.28. The maximum Gasteiger partial charge on any atom is 0.239 e. The predicted molar refractivity (Wildman–Crippen MR) is 67.3 cm³/mol. The minimum atomic E-state index is -0.467. The van der Waals surface area contributed by atoms with Gasteiger partial charge in [0.2, 0.25) is 5.91 Å². The van der Waals surface area contributed by atoms with E-state index in [1.54, 1.807) is 22.8 Å². The molecule has 0 aliphatic rings. The summed E-state index contributed by atoms with van der Waals surface area (Å²) in [7, 11) is 1.78. The van der Waals surface area contributed by atoms with Gasteiger partial charge in [0.05, 0.1) is 12.6 Å². The lowest BCUT2D eigenvalue weighted by Gasteiger charge is -2.29.